The molecule has 8 heteroatoms. The Morgan fingerprint density at radius 3 is 2.19 bits per heavy atom. The van der Waals surface area contributed by atoms with Crippen LogP contribution in [0.5, 0.6) is 11.5 Å². The Kier molecular flexibility index (Phi) is 7.65. The number of nitrogens with one attached hydrogen (secondary N) is 1. The van der Waals surface area contributed by atoms with E-state index in [1.54, 1.807) is 14.2 Å². The molecule has 1 aromatic heterocycles. The molecule has 0 aliphatic rings. The van der Waals surface area contributed by atoms with Crippen LogP contribution < -0.4 is 14.8 Å². The maximum absolute atomic E-state index is 12.8. The Morgan fingerprint density at radius 1 is 1.00 bits per heavy atom. The lowest BCUT2D eigenvalue weighted by Crippen LogP contribution is -2.28. The molecule has 0 bridgehead atoms. The number of nitrogens with zero attached hydrogens (tertiary/aromatic N) is 2. The maximum Gasteiger partial charge on any atom is 0.437 e. The smallest absolute Gasteiger partial charge is 0.437 e. The van der Waals surface area contributed by atoms with Gasteiger partial charge in [-0.1, -0.05) is 0 Å². The van der Waals surface area contributed by atoms with E-state index in [9.17, 15) is 4.79 Å². The average Bonchev–Trinajstić information content (AvgIpc) is 3.15. The lowest BCUT2D eigenvalue weighted by Gasteiger charge is -2.19. The summed E-state index contributed by atoms with van der Waals surface area (Å²) in [6, 6.07) is 15.6. The van der Waals surface area contributed by atoms with Crippen molar-refractivity contribution in [1.82, 2.24) is 9.78 Å². The summed E-state index contributed by atoms with van der Waals surface area (Å²) in [6.45, 7) is 5.49. The third-order valence-electron chi connectivity index (χ3n) is 4.52. The van der Waals surface area contributed by atoms with Crippen molar-refractivity contribution in [3.63, 3.8) is 0 Å². The van der Waals surface area contributed by atoms with Crippen molar-refractivity contribution < 1.29 is 19.0 Å². The normalized spacial score (nSPS) is 11.2. The van der Waals surface area contributed by atoms with Crippen LogP contribution in [0, 0.1) is 3.57 Å². The third kappa shape index (κ3) is 6.62. The Bertz CT molecular complexity index is 1050. The number of aryl methyl sites for hydroxylation is 2. The minimum absolute atomic E-state index is 0.528. The number of halogens is 1. The molecule has 0 unspecified atom stereocenters. The largest absolute Gasteiger partial charge is 0.497 e. The minimum Gasteiger partial charge on any atom is -0.497 e. The molecule has 1 heterocycles. The van der Waals surface area contributed by atoms with Crippen LogP contribution in [0.15, 0.2) is 48.5 Å². The number of methoxy groups -OCH3 is 2. The van der Waals surface area contributed by atoms with E-state index in [0.717, 1.165) is 32.0 Å². The van der Waals surface area contributed by atoms with E-state index in [4.69, 9.17) is 14.2 Å². The monoisotopic (exact) mass is 549 g/mol. The van der Waals surface area contributed by atoms with Crippen LogP contribution >= 0.6 is 22.6 Å². The van der Waals surface area contributed by atoms with E-state index in [2.05, 4.69) is 33.0 Å². The first kappa shape index (κ1) is 23.9. The molecule has 170 valence electrons. The maximum atomic E-state index is 12.8. The van der Waals surface area contributed by atoms with Gasteiger partial charge in [0.25, 0.3) is 0 Å². The number of hydrogen-bond donors (Lipinski definition) is 1. The first-order valence-corrected chi connectivity index (χ1v) is 11.3. The molecule has 0 aliphatic carbocycles. The number of hydrogen-bond acceptors (Lipinski definition) is 6. The fraction of sp³-hybridized carbons (Fsp3) is 0.333. The lowest BCUT2D eigenvalue weighted by atomic mass is 10.1. The van der Waals surface area contributed by atoms with Crippen LogP contribution in [-0.4, -0.2) is 35.7 Å². The number of anilines is 2. The van der Waals surface area contributed by atoms with Crippen LogP contribution in [0.3, 0.4) is 0 Å². The van der Waals surface area contributed by atoms with Gasteiger partial charge < -0.3 is 19.5 Å². The molecule has 0 spiro atoms. The van der Waals surface area contributed by atoms with Gasteiger partial charge in [0.15, 0.2) is 0 Å². The first-order chi connectivity index (χ1) is 15.2. The van der Waals surface area contributed by atoms with Gasteiger partial charge in [0, 0.05) is 21.4 Å². The van der Waals surface area contributed by atoms with Gasteiger partial charge in [0.1, 0.15) is 22.9 Å². The molecule has 7 nitrogen and oxygen atoms in total. The fourth-order valence-electron chi connectivity index (χ4n) is 3.05. The highest BCUT2D eigenvalue weighted by Crippen LogP contribution is 2.25. The summed E-state index contributed by atoms with van der Waals surface area (Å²) >= 11 is 2.25. The number of rotatable bonds is 7. The van der Waals surface area contributed by atoms with Crippen molar-refractivity contribution >= 4 is 40.2 Å². The Balaban J connectivity index is 1.84. The second kappa shape index (κ2) is 10.2. The van der Waals surface area contributed by atoms with Gasteiger partial charge in [-0.25, -0.2) is 4.79 Å². The fourth-order valence-corrected chi connectivity index (χ4v) is 3.41. The molecule has 0 aliphatic heterocycles. The highest BCUT2D eigenvalue weighted by molar-refractivity contribution is 14.1. The Hall–Kier alpha value is -2.75. The van der Waals surface area contributed by atoms with Gasteiger partial charge in [-0.3, -0.25) is 0 Å². The molecule has 0 fully saturated rings. The SMILES string of the molecule is COc1cc(CCc2cc(Nc3ccc(I)cc3)n(C(=O)OC(C)(C)C)n2)cc(OC)c1. The molecule has 3 aromatic rings. The molecule has 0 amide bonds. The molecular formula is C24H28IN3O4. The summed E-state index contributed by atoms with van der Waals surface area (Å²) in [4.78, 5) is 12.8. The van der Waals surface area contributed by atoms with E-state index >= 15 is 0 Å². The van der Waals surface area contributed by atoms with Gasteiger partial charge in [-0.05, 0) is 98.2 Å². The lowest BCUT2D eigenvalue weighted by molar-refractivity contribution is 0.0518. The molecule has 32 heavy (non-hydrogen) atoms. The van der Waals surface area contributed by atoms with E-state index in [1.165, 1.54) is 4.68 Å². The molecule has 1 N–H and O–H groups in total. The topological polar surface area (TPSA) is 74.6 Å². The van der Waals surface area contributed by atoms with Crippen molar-refractivity contribution in [1.29, 1.82) is 0 Å². The van der Waals surface area contributed by atoms with Crippen molar-refractivity contribution in [2.75, 3.05) is 19.5 Å². The number of ether oxygens (including phenoxy) is 3. The summed E-state index contributed by atoms with van der Waals surface area (Å²) in [5, 5.41) is 7.80. The molecule has 0 radical (unpaired) electrons. The molecule has 0 atom stereocenters. The molecule has 3 rings (SSSR count). The number of benzene rings is 2. The highest BCUT2D eigenvalue weighted by atomic mass is 127. The second-order valence-electron chi connectivity index (χ2n) is 8.27. The van der Waals surface area contributed by atoms with E-state index in [0.29, 0.717) is 18.7 Å². The molecular weight excluding hydrogens is 521 g/mol. The van der Waals surface area contributed by atoms with E-state index in [1.807, 2.05) is 69.3 Å². The summed E-state index contributed by atoms with van der Waals surface area (Å²) in [5.41, 5.74) is 2.06. The van der Waals surface area contributed by atoms with Gasteiger partial charge in [0.05, 0.1) is 19.9 Å². The standard InChI is InChI=1S/C24H28IN3O4/c1-24(2,3)32-23(29)28-22(26-18-10-7-17(25)8-11-18)14-19(27-28)9-6-16-12-20(30-4)15-21(13-16)31-5/h7-8,10-15,26H,6,9H2,1-5H3. The van der Waals surface area contributed by atoms with Crippen LogP contribution in [0.4, 0.5) is 16.3 Å². The summed E-state index contributed by atoms with van der Waals surface area (Å²) < 4.78 is 18.7. The Morgan fingerprint density at radius 2 is 1.62 bits per heavy atom. The zero-order valence-electron chi connectivity index (χ0n) is 18.9. The van der Waals surface area contributed by atoms with Crippen LogP contribution in [0.25, 0.3) is 0 Å². The third-order valence-corrected chi connectivity index (χ3v) is 5.24. The van der Waals surface area contributed by atoms with Gasteiger partial charge in [-0.15, -0.1) is 4.68 Å². The van der Waals surface area contributed by atoms with Crippen LogP contribution in [0.2, 0.25) is 0 Å². The second-order valence-corrected chi connectivity index (χ2v) is 9.51. The van der Waals surface area contributed by atoms with Crippen LogP contribution in [0.1, 0.15) is 32.0 Å². The number of carbonyl (C=O) groups excluding carboxylic acids is 1. The summed E-state index contributed by atoms with van der Waals surface area (Å²) in [5.74, 6) is 2.03. The molecule has 0 saturated heterocycles. The van der Waals surface area contributed by atoms with Crippen molar-refractivity contribution in [2.45, 2.75) is 39.2 Å². The first-order valence-electron chi connectivity index (χ1n) is 10.2. The van der Waals surface area contributed by atoms with Gasteiger partial charge in [0.2, 0.25) is 0 Å². The molecule has 0 saturated carbocycles. The zero-order chi connectivity index (χ0) is 23.3. The number of carbonyl (C=O) groups is 1. The Labute approximate surface area is 202 Å². The summed E-state index contributed by atoms with van der Waals surface area (Å²) in [7, 11) is 3.26. The summed E-state index contributed by atoms with van der Waals surface area (Å²) in [6.07, 6.45) is 0.815. The average molecular weight is 549 g/mol. The number of aromatic nitrogens is 2. The van der Waals surface area contributed by atoms with Crippen molar-refractivity contribution in [3.8, 4) is 11.5 Å². The quantitative estimate of drug-likeness (QED) is 0.375. The predicted molar refractivity (Wildman–Crippen MR) is 133 cm³/mol. The predicted octanol–water partition coefficient (Wildman–Crippen LogP) is 5.82. The van der Waals surface area contributed by atoms with E-state index < -0.39 is 11.7 Å². The van der Waals surface area contributed by atoms with Crippen LogP contribution in [-0.2, 0) is 17.6 Å². The van der Waals surface area contributed by atoms with Crippen molar-refractivity contribution in [2.24, 2.45) is 0 Å². The van der Waals surface area contributed by atoms with Crippen molar-refractivity contribution in [3.05, 3.63) is 63.4 Å². The highest BCUT2D eigenvalue weighted by Gasteiger charge is 2.22. The minimum atomic E-state index is -0.625. The zero-order valence-corrected chi connectivity index (χ0v) is 21.1. The van der Waals surface area contributed by atoms with E-state index in [-0.39, 0.29) is 0 Å². The van der Waals surface area contributed by atoms with Gasteiger partial charge >= 0.3 is 6.09 Å². The van der Waals surface area contributed by atoms with Gasteiger partial charge in [-0.2, -0.15) is 5.10 Å². The molecule has 2 aromatic carbocycles.